The Morgan fingerprint density at radius 2 is 2.14 bits per heavy atom. The molecule has 0 bridgehead atoms. The molecule has 0 aliphatic rings. The lowest BCUT2D eigenvalue weighted by molar-refractivity contribution is 0.0949. The van der Waals surface area contributed by atoms with Crippen LogP contribution in [0.1, 0.15) is 16.2 Å². The maximum Gasteiger partial charge on any atom is 0.253 e. The van der Waals surface area contributed by atoms with Crippen molar-refractivity contribution in [3.63, 3.8) is 0 Å². The molecule has 2 aromatic heterocycles. The summed E-state index contributed by atoms with van der Waals surface area (Å²) in [6.07, 6.45) is 8.59. The topological polar surface area (TPSA) is 59.8 Å². The molecule has 2 heterocycles. The second-order valence-electron chi connectivity index (χ2n) is 4.73. The summed E-state index contributed by atoms with van der Waals surface area (Å²) in [7, 11) is 0. The van der Waals surface area contributed by atoms with Gasteiger partial charge in [0.05, 0.1) is 29.7 Å². The highest BCUT2D eigenvalue weighted by Gasteiger charge is 2.11. The Balaban J connectivity index is 1.83. The Bertz CT molecular complexity index is 846. The van der Waals surface area contributed by atoms with Crippen LogP contribution in [-0.2, 0) is 13.1 Å². The van der Waals surface area contributed by atoms with Gasteiger partial charge in [-0.25, -0.2) is 4.98 Å². The fraction of sp³-hybridized carbons (Fsp3) is 0.118. The van der Waals surface area contributed by atoms with Crippen LogP contribution in [0.5, 0.6) is 0 Å². The van der Waals surface area contributed by atoms with Crippen LogP contribution < -0.4 is 5.32 Å². The first kappa shape index (κ1) is 13.8. The van der Waals surface area contributed by atoms with Gasteiger partial charge in [-0.2, -0.15) is 0 Å². The Hall–Kier alpha value is -3.13. The zero-order valence-corrected chi connectivity index (χ0v) is 11.9. The van der Waals surface area contributed by atoms with Gasteiger partial charge in [0, 0.05) is 12.4 Å². The van der Waals surface area contributed by atoms with Crippen molar-refractivity contribution in [2.45, 2.75) is 13.1 Å². The van der Waals surface area contributed by atoms with Crippen molar-refractivity contribution in [1.82, 2.24) is 19.9 Å². The van der Waals surface area contributed by atoms with E-state index in [-0.39, 0.29) is 5.91 Å². The van der Waals surface area contributed by atoms with E-state index in [2.05, 4.69) is 21.2 Å². The van der Waals surface area contributed by atoms with Crippen molar-refractivity contribution in [3.8, 4) is 12.3 Å². The van der Waals surface area contributed by atoms with E-state index in [0.717, 1.165) is 16.9 Å². The van der Waals surface area contributed by atoms with Crippen LogP contribution in [0.15, 0.2) is 48.8 Å². The standard InChI is InChI=1S/C17H14N4O/c1-2-10-21-15-8-4-3-7-14(15)20-16(21)12-19-17(22)13-6-5-9-18-11-13/h1,3-9,11H,10,12H2,(H,19,22). The second-order valence-corrected chi connectivity index (χ2v) is 4.73. The number of fused-ring (bicyclic) bond motifs is 1. The second kappa shape index (κ2) is 6.10. The van der Waals surface area contributed by atoms with Crippen LogP contribution in [-0.4, -0.2) is 20.4 Å². The Kier molecular flexibility index (Phi) is 3.84. The van der Waals surface area contributed by atoms with Gasteiger partial charge in [-0.15, -0.1) is 6.42 Å². The van der Waals surface area contributed by atoms with Gasteiger partial charge in [-0.3, -0.25) is 9.78 Å². The lowest BCUT2D eigenvalue weighted by atomic mass is 10.3. The number of benzene rings is 1. The molecule has 22 heavy (non-hydrogen) atoms. The van der Waals surface area contributed by atoms with Crippen LogP contribution in [0.2, 0.25) is 0 Å². The van der Waals surface area contributed by atoms with Crippen molar-refractivity contribution < 1.29 is 4.79 Å². The minimum Gasteiger partial charge on any atom is -0.345 e. The third-order valence-electron chi connectivity index (χ3n) is 3.31. The minimum absolute atomic E-state index is 0.188. The van der Waals surface area contributed by atoms with Gasteiger partial charge < -0.3 is 9.88 Å². The van der Waals surface area contributed by atoms with Crippen molar-refractivity contribution in [2.75, 3.05) is 0 Å². The highest BCUT2D eigenvalue weighted by molar-refractivity contribution is 5.93. The average molecular weight is 290 g/mol. The Labute approximate surface area is 128 Å². The lowest BCUT2D eigenvalue weighted by Gasteiger charge is -2.07. The summed E-state index contributed by atoms with van der Waals surface area (Å²) in [6, 6.07) is 11.2. The minimum atomic E-state index is -0.188. The molecule has 1 amide bonds. The first-order valence-corrected chi connectivity index (χ1v) is 6.85. The number of aromatic nitrogens is 3. The van der Waals surface area contributed by atoms with Crippen LogP contribution in [0, 0.1) is 12.3 Å². The summed E-state index contributed by atoms with van der Waals surface area (Å²) in [6.45, 7) is 0.725. The van der Waals surface area contributed by atoms with Crippen LogP contribution in [0.25, 0.3) is 11.0 Å². The predicted octanol–water partition coefficient (Wildman–Crippen LogP) is 1.99. The van der Waals surface area contributed by atoms with Crippen molar-refractivity contribution in [3.05, 3.63) is 60.2 Å². The summed E-state index contributed by atoms with van der Waals surface area (Å²) < 4.78 is 1.93. The van der Waals surface area contributed by atoms with Crippen molar-refractivity contribution >= 4 is 16.9 Å². The Morgan fingerprint density at radius 3 is 2.91 bits per heavy atom. The van der Waals surface area contributed by atoms with E-state index in [1.165, 1.54) is 6.20 Å². The number of nitrogens with zero attached hydrogens (tertiary/aromatic N) is 3. The summed E-state index contributed by atoms with van der Waals surface area (Å²) in [5.41, 5.74) is 2.34. The van der Waals surface area contributed by atoms with Gasteiger partial charge in [-0.1, -0.05) is 18.1 Å². The normalized spacial score (nSPS) is 10.3. The van der Waals surface area contributed by atoms with E-state index in [4.69, 9.17) is 6.42 Å². The number of amides is 1. The molecule has 108 valence electrons. The average Bonchev–Trinajstić information content (AvgIpc) is 2.92. The number of para-hydroxylation sites is 2. The van der Waals surface area contributed by atoms with E-state index >= 15 is 0 Å². The van der Waals surface area contributed by atoms with Crippen LogP contribution in [0.3, 0.4) is 0 Å². The highest BCUT2D eigenvalue weighted by atomic mass is 16.1. The van der Waals surface area contributed by atoms with Gasteiger partial charge in [0.25, 0.3) is 5.91 Å². The SMILES string of the molecule is C#CCn1c(CNC(=O)c2cccnc2)nc2ccccc21. The molecule has 0 aliphatic heterocycles. The summed E-state index contributed by atoms with van der Waals surface area (Å²) in [5.74, 6) is 3.17. The number of carbonyl (C=O) groups excluding carboxylic acids is 1. The zero-order valence-electron chi connectivity index (χ0n) is 11.9. The molecule has 1 aromatic carbocycles. The molecule has 0 unspecified atom stereocenters. The number of nitrogens with one attached hydrogen (secondary N) is 1. The van der Waals surface area contributed by atoms with Crippen molar-refractivity contribution in [1.29, 1.82) is 0 Å². The number of hydrogen-bond donors (Lipinski definition) is 1. The largest absolute Gasteiger partial charge is 0.345 e. The molecule has 3 aromatic rings. The van der Waals surface area contributed by atoms with E-state index in [0.29, 0.717) is 18.7 Å². The number of hydrogen-bond acceptors (Lipinski definition) is 3. The van der Waals surface area contributed by atoms with Crippen molar-refractivity contribution in [2.24, 2.45) is 0 Å². The maximum absolute atomic E-state index is 12.1. The van der Waals surface area contributed by atoms with Gasteiger partial charge >= 0.3 is 0 Å². The van der Waals surface area contributed by atoms with Gasteiger partial charge in [0.2, 0.25) is 0 Å². The number of rotatable bonds is 4. The predicted molar refractivity (Wildman–Crippen MR) is 84.0 cm³/mol. The maximum atomic E-state index is 12.1. The number of pyridine rings is 1. The molecular formula is C17H14N4O. The summed E-state index contributed by atoms with van der Waals surface area (Å²) >= 11 is 0. The van der Waals surface area contributed by atoms with Crippen LogP contribution in [0.4, 0.5) is 0 Å². The van der Waals surface area contributed by atoms with Crippen LogP contribution >= 0.6 is 0 Å². The molecule has 0 saturated heterocycles. The molecule has 0 spiro atoms. The molecular weight excluding hydrogens is 276 g/mol. The number of imidazole rings is 1. The van der Waals surface area contributed by atoms with Gasteiger partial charge in [0.15, 0.2) is 0 Å². The molecule has 0 saturated carbocycles. The van der Waals surface area contributed by atoms with E-state index in [1.807, 2.05) is 28.8 Å². The monoisotopic (exact) mass is 290 g/mol. The van der Waals surface area contributed by atoms with Gasteiger partial charge in [0.1, 0.15) is 5.82 Å². The zero-order chi connectivity index (χ0) is 15.4. The smallest absolute Gasteiger partial charge is 0.253 e. The molecule has 0 atom stereocenters. The fourth-order valence-corrected chi connectivity index (χ4v) is 2.29. The molecule has 0 aliphatic carbocycles. The summed E-state index contributed by atoms with van der Waals surface area (Å²) in [5, 5.41) is 2.84. The molecule has 3 rings (SSSR count). The lowest BCUT2D eigenvalue weighted by Crippen LogP contribution is -2.24. The number of carbonyl (C=O) groups is 1. The van der Waals surface area contributed by atoms with E-state index in [9.17, 15) is 4.79 Å². The third kappa shape index (κ3) is 2.67. The molecule has 1 N–H and O–H groups in total. The third-order valence-corrected chi connectivity index (χ3v) is 3.31. The Morgan fingerprint density at radius 1 is 1.27 bits per heavy atom. The quantitative estimate of drug-likeness (QED) is 0.748. The fourth-order valence-electron chi connectivity index (χ4n) is 2.29. The van der Waals surface area contributed by atoms with E-state index < -0.39 is 0 Å². The molecule has 0 fully saturated rings. The first-order chi connectivity index (χ1) is 10.8. The molecule has 5 heteroatoms. The van der Waals surface area contributed by atoms with Gasteiger partial charge in [-0.05, 0) is 24.3 Å². The highest BCUT2D eigenvalue weighted by Crippen LogP contribution is 2.15. The summed E-state index contributed by atoms with van der Waals surface area (Å²) in [4.78, 5) is 20.5. The number of terminal acetylenes is 1. The first-order valence-electron chi connectivity index (χ1n) is 6.85. The molecule has 5 nitrogen and oxygen atoms in total. The van der Waals surface area contributed by atoms with E-state index in [1.54, 1.807) is 18.3 Å². The molecule has 0 radical (unpaired) electrons.